The van der Waals surface area contributed by atoms with Gasteiger partial charge in [0.05, 0.1) is 29.6 Å². The molecule has 2 aromatic carbocycles. The first-order valence-corrected chi connectivity index (χ1v) is 8.00. The predicted molar refractivity (Wildman–Crippen MR) is 82.5 cm³/mol. The highest BCUT2D eigenvalue weighted by Gasteiger charge is 2.13. The van der Waals surface area contributed by atoms with Crippen LogP contribution >= 0.6 is 0 Å². The number of nitrogens with zero attached hydrogens (tertiary/aromatic N) is 4. The van der Waals surface area contributed by atoms with Crippen LogP contribution in [0.3, 0.4) is 0 Å². The van der Waals surface area contributed by atoms with Gasteiger partial charge >= 0.3 is 10.0 Å². The second-order valence-corrected chi connectivity index (χ2v) is 5.91. The molecule has 6 nitrogen and oxygen atoms in total. The molecule has 7 heteroatoms. The van der Waals surface area contributed by atoms with E-state index in [2.05, 4.69) is 9.74 Å². The average Bonchev–Trinajstić information content (AvgIpc) is 2.56. The van der Waals surface area contributed by atoms with Crippen molar-refractivity contribution in [1.29, 1.82) is 5.26 Å². The van der Waals surface area contributed by atoms with Crippen molar-refractivity contribution in [3.8, 4) is 6.07 Å². The zero-order valence-electron chi connectivity index (χ0n) is 11.7. The molecule has 0 spiro atoms. The fraction of sp³-hybridized carbons (Fsp3) is 0.133. The first kappa shape index (κ1) is 15.7. The van der Waals surface area contributed by atoms with Gasteiger partial charge in [-0.1, -0.05) is 41.6 Å². The van der Waals surface area contributed by atoms with Gasteiger partial charge in [0.1, 0.15) is 0 Å². The predicted octanol–water partition coefficient (Wildman–Crippen LogP) is 3.16. The van der Waals surface area contributed by atoms with Crippen LogP contribution in [0.1, 0.15) is 6.42 Å². The summed E-state index contributed by atoms with van der Waals surface area (Å²) in [5, 5.41) is 13.9. The monoisotopic (exact) mass is 314 g/mol. The van der Waals surface area contributed by atoms with E-state index in [9.17, 15) is 8.42 Å². The molecule has 0 aromatic heterocycles. The molecule has 0 heterocycles. The lowest BCUT2D eigenvalue weighted by molar-refractivity contribution is 0.593. The van der Waals surface area contributed by atoms with E-state index in [1.54, 1.807) is 42.5 Å². The minimum atomic E-state index is -3.85. The average molecular weight is 314 g/mol. The maximum atomic E-state index is 12.1. The minimum Gasteiger partial charge on any atom is -0.245 e. The summed E-state index contributed by atoms with van der Waals surface area (Å²) < 4.78 is 27.6. The number of nitriles is 1. The topological polar surface area (TPSA) is 85.9 Å². The Kier molecular flexibility index (Phi) is 5.22. The fourth-order valence-corrected chi connectivity index (χ4v) is 2.49. The van der Waals surface area contributed by atoms with Gasteiger partial charge in [-0.3, -0.25) is 0 Å². The lowest BCUT2D eigenvalue weighted by Gasteiger charge is -2.15. The summed E-state index contributed by atoms with van der Waals surface area (Å²) in [4.78, 5) is 0.0760. The molecule has 0 fully saturated rings. The second kappa shape index (κ2) is 7.33. The van der Waals surface area contributed by atoms with E-state index in [1.165, 1.54) is 17.1 Å². The van der Waals surface area contributed by atoms with Crippen molar-refractivity contribution in [2.45, 2.75) is 11.3 Å². The molecule has 0 aliphatic rings. The van der Waals surface area contributed by atoms with E-state index >= 15 is 0 Å². The Labute approximate surface area is 129 Å². The van der Waals surface area contributed by atoms with Crippen LogP contribution in [0.2, 0.25) is 0 Å². The molecule has 0 bridgehead atoms. The number of hydrogen-bond acceptors (Lipinski definition) is 4. The van der Waals surface area contributed by atoms with Crippen molar-refractivity contribution < 1.29 is 8.42 Å². The molecule has 0 amide bonds. The largest absolute Gasteiger partial charge is 0.301 e. The molecule has 22 heavy (non-hydrogen) atoms. The zero-order valence-corrected chi connectivity index (χ0v) is 12.5. The van der Waals surface area contributed by atoms with Gasteiger partial charge in [-0.2, -0.15) is 13.7 Å². The Balaban J connectivity index is 2.25. The number of hydrogen-bond donors (Lipinski definition) is 0. The van der Waals surface area contributed by atoms with Crippen molar-refractivity contribution in [3.05, 3.63) is 60.7 Å². The summed E-state index contributed by atoms with van der Waals surface area (Å²) in [6.45, 7) is 0.258. The standard InChI is InChI=1S/C15H14N4O2S/c16-12-7-13-19(14-8-3-1-4-9-14)17-18-22(20,21)15-10-5-2-6-11-15/h1-6,8-11H,7,13H2. The molecule has 112 valence electrons. The Hall–Kier alpha value is -2.72. The van der Waals surface area contributed by atoms with Crippen LogP contribution in [0.5, 0.6) is 0 Å². The third kappa shape index (κ3) is 4.14. The van der Waals surface area contributed by atoms with Crippen LogP contribution in [0.4, 0.5) is 5.69 Å². The summed E-state index contributed by atoms with van der Waals surface area (Å²) in [6.07, 6.45) is 0.208. The first-order chi connectivity index (χ1) is 10.6. The van der Waals surface area contributed by atoms with Gasteiger partial charge in [-0.15, -0.1) is 0 Å². The Bertz CT molecular complexity index is 768. The SMILES string of the molecule is N#CCCN(N=NS(=O)(=O)c1ccccc1)c1ccccc1. The summed E-state index contributed by atoms with van der Waals surface area (Å²) in [6, 6.07) is 18.9. The molecular formula is C15H14N4O2S. The van der Waals surface area contributed by atoms with Crippen LogP contribution in [0.25, 0.3) is 0 Å². The highest BCUT2D eigenvalue weighted by Crippen LogP contribution is 2.17. The summed E-state index contributed by atoms with van der Waals surface area (Å²) in [5.74, 6) is 0. The number of rotatable bonds is 6. The molecule has 0 atom stereocenters. The number of benzene rings is 2. The van der Waals surface area contributed by atoms with Crippen LogP contribution in [-0.4, -0.2) is 15.0 Å². The number of para-hydroxylation sites is 1. The van der Waals surface area contributed by atoms with Crippen LogP contribution in [0, 0.1) is 11.3 Å². The van der Waals surface area contributed by atoms with Gasteiger partial charge in [0.15, 0.2) is 0 Å². The zero-order chi connectivity index (χ0) is 15.8. The van der Waals surface area contributed by atoms with E-state index in [0.29, 0.717) is 5.69 Å². The van der Waals surface area contributed by atoms with E-state index < -0.39 is 10.0 Å². The summed E-state index contributed by atoms with van der Waals surface area (Å²) in [5.41, 5.74) is 0.671. The Morgan fingerprint density at radius 2 is 1.59 bits per heavy atom. The van der Waals surface area contributed by atoms with E-state index in [0.717, 1.165) is 0 Å². The van der Waals surface area contributed by atoms with Gasteiger partial charge in [0.2, 0.25) is 0 Å². The molecule has 0 aliphatic carbocycles. The molecular weight excluding hydrogens is 300 g/mol. The summed E-state index contributed by atoms with van der Waals surface area (Å²) >= 11 is 0. The first-order valence-electron chi connectivity index (χ1n) is 6.56. The van der Waals surface area contributed by atoms with Crippen LogP contribution in [-0.2, 0) is 10.0 Å². The molecule has 2 aromatic rings. The smallest absolute Gasteiger partial charge is 0.245 e. The summed E-state index contributed by atoms with van der Waals surface area (Å²) in [7, 11) is -3.85. The van der Waals surface area contributed by atoms with E-state index in [4.69, 9.17) is 5.26 Å². The molecule has 0 radical (unpaired) electrons. The van der Waals surface area contributed by atoms with E-state index in [-0.39, 0.29) is 17.9 Å². The van der Waals surface area contributed by atoms with Gasteiger partial charge in [-0.25, -0.2) is 5.01 Å². The molecule has 2 rings (SSSR count). The minimum absolute atomic E-state index is 0.0760. The van der Waals surface area contributed by atoms with Crippen molar-refractivity contribution in [2.75, 3.05) is 11.6 Å². The maximum Gasteiger partial charge on any atom is 0.301 e. The molecule has 0 saturated carbocycles. The molecule has 0 unspecified atom stereocenters. The Morgan fingerprint density at radius 3 is 2.18 bits per heavy atom. The van der Waals surface area contributed by atoms with Gasteiger partial charge in [0.25, 0.3) is 0 Å². The molecule has 0 N–H and O–H groups in total. The van der Waals surface area contributed by atoms with Gasteiger partial charge in [-0.05, 0) is 28.8 Å². The highest BCUT2D eigenvalue weighted by molar-refractivity contribution is 7.90. The lowest BCUT2D eigenvalue weighted by atomic mass is 10.3. The number of anilines is 1. The molecule has 0 saturated heterocycles. The quantitative estimate of drug-likeness (QED) is 0.605. The second-order valence-electron chi connectivity index (χ2n) is 4.33. The Morgan fingerprint density at radius 1 is 1.00 bits per heavy atom. The third-order valence-electron chi connectivity index (χ3n) is 2.78. The highest BCUT2D eigenvalue weighted by atomic mass is 32.2. The van der Waals surface area contributed by atoms with Gasteiger partial charge in [0, 0.05) is 0 Å². The maximum absolute atomic E-state index is 12.1. The van der Waals surface area contributed by atoms with Crippen molar-refractivity contribution in [3.63, 3.8) is 0 Å². The van der Waals surface area contributed by atoms with Crippen molar-refractivity contribution in [1.82, 2.24) is 0 Å². The van der Waals surface area contributed by atoms with Crippen molar-refractivity contribution >= 4 is 15.7 Å². The lowest BCUT2D eigenvalue weighted by Crippen LogP contribution is -2.17. The van der Waals surface area contributed by atoms with E-state index in [1.807, 2.05) is 12.1 Å². The number of sulfonamides is 1. The van der Waals surface area contributed by atoms with Crippen molar-refractivity contribution in [2.24, 2.45) is 9.74 Å². The van der Waals surface area contributed by atoms with Crippen LogP contribution < -0.4 is 5.01 Å². The third-order valence-corrected chi connectivity index (χ3v) is 3.94. The normalized spacial score (nSPS) is 11.2. The molecule has 0 aliphatic heterocycles. The van der Waals surface area contributed by atoms with Crippen LogP contribution in [0.15, 0.2) is 75.3 Å². The fourth-order valence-electron chi connectivity index (χ4n) is 1.71. The van der Waals surface area contributed by atoms with Gasteiger partial charge < -0.3 is 0 Å².